The molecular weight excluding hydrogens is 761 g/mol. The number of carbonyl (C=O) groups is 1. The SMILES string of the molecule is CCNS(=O)(=O)Nc1nccc(Cc2cc(C(=O)NOCCO[Si](C)(C)C(C)(C)C)c(Nc3ccc(I)cc3F)c(F)c2F)c1F. The van der Waals surface area contributed by atoms with E-state index in [1.807, 2.05) is 40.4 Å². The van der Waals surface area contributed by atoms with E-state index < -0.39 is 76.8 Å². The molecule has 2 aromatic carbocycles. The molecule has 252 valence electrons. The first-order valence-electron chi connectivity index (χ1n) is 14.1. The number of halogens is 5. The van der Waals surface area contributed by atoms with Crippen LogP contribution in [-0.4, -0.2) is 47.4 Å². The van der Waals surface area contributed by atoms with Gasteiger partial charge in [0.25, 0.3) is 16.1 Å². The van der Waals surface area contributed by atoms with Crippen molar-refractivity contribution in [3.8, 4) is 0 Å². The summed E-state index contributed by atoms with van der Waals surface area (Å²) in [5.41, 5.74) is 0.0740. The van der Waals surface area contributed by atoms with Crippen LogP contribution in [0, 0.1) is 26.8 Å². The minimum atomic E-state index is -4.15. The summed E-state index contributed by atoms with van der Waals surface area (Å²) in [6.45, 7) is 11.9. The lowest BCUT2D eigenvalue weighted by molar-refractivity contribution is 0.0184. The molecule has 0 fully saturated rings. The van der Waals surface area contributed by atoms with Gasteiger partial charge in [-0.3, -0.25) is 14.4 Å². The van der Waals surface area contributed by atoms with Crippen molar-refractivity contribution in [2.24, 2.45) is 0 Å². The predicted octanol–water partition coefficient (Wildman–Crippen LogP) is 6.53. The van der Waals surface area contributed by atoms with Crippen molar-refractivity contribution < 1.29 is 40.0 Å². The van der Waals surface area contributed by atoms with E-state index >= 15 is 13.2 Å². The number of hydroxylamine groups is 1. The van der Waals surface area contributed by atoms with Crippen LogP contribution in [0.1, 0.15) is 49.2 Å². The Kier molecular flexibility index (Phi) is 12.6. The fraction of sp³-hybridized carbons (Fsp3) is 0.379. The average Bonchev–Trinajstić information content (AvgIpc) is 2.94. The second-order valence-electron chi connectivity index (χ2n) is 11.6. The van der Waals surface area contributed by atoms with E-state index in [9.17, 15) is 17.6 Å². The Morgan fingerprint density at radius 1 is 1.00 bits per heavy atom. The van der Waals surface area contributed by atoms with Gasteiger partial charge in [-0.25, -0.2) is 28.0 Å². The number of carbonyl (C=O) groups excluding carboxylic acids is 1. The fourth-order valence-electron chi connectivity index (χ4n) is 3.81. The highest BCUT2D eigenvalue weighted by Crippen LogP contribution is 2.36. The number of hydrogen-bond donors (Lipinski definition) is 4. The molecule has 1 amide bonds. The lowest BCUT2D eigenvalue weighted by atomic mass is 10.00. The zero-order chi connectivity index (χ0) is 34.4. The molecule has 1 heterocycles. The molecule has 0 aliphatic carbocycles. The largest absolute Gasteiger partial charge is 0.414 e. The van der Waals surface area contributed by atoms with E-state index in [2.05, 4.69) is 41.3 Å². The van der Waals surface area contributed by atoms with Crippen LogP contribution in [-0.2, 0) is 25.9 Å². The van der Waals surface area contributed by atoms with Crippen LogP contribution < -0.4 is 20.2 Å². The number of benzene rings is 2. The number of pyridine rings is 1. The molecular formula is C29H36F4IN5O5SSi. The zero-order valence-corrected chi connectivity index (χ0v) is 30.1. The Hall–Kier alpha value is -2.84. The number of hydrogen-bond acceptors (Lipinski definition) is 7. The second kappa shape index (κ2) is 15.4. The summed E-state index contributed by atoms with van der Waals surface area (Å²) in [4.78, 5) is 22.2. The molecule has 0 radical (unpaired) electrons. The number of anilines is 3. The third-order valence-electron chi connectivity index (χ3n) is 7.25. The van der Waals surface area contributed by atoms with Crippen molar-refractivity contribution in [3.05, 3.63) is 80.1 Å². The lowest BCUT2D eigenvalue weighted by Crippen LogP contribution is -2.41. The maximum absolute atomic E-state index is 15.7. The first kappa shape index (κ1) is 37.6. The highest BCUT2D eigenvalue weighted by Gasteiger charge is 2.37. The average molecular weight is 798 g/mol. The Morgan fingerprint density at radius 2 is 1.70 bits per heavy atom. The van der Waals surface area contributed by atoms with Gasteiger partial charge in [-0.15, -0.1) is 0 Å². The minimum absolute atomic E-state index is 0.0197. The molecule has 0 saturated carbocycles. The van der Waals surface area contributed by atoms with Gasteiger partial charge in [0.15, 0.2) is 31.6 Å². The second-order valence-corrected chi connectivity index (χ2v) is 19.2. The summed E-state index contributed by atoms with van der Waals surface area (Å²) in [7, 11) is -6.25. The molecule has 0 bridgehead atoms. The van der Waals surface area contributed by atoms with E-state index in [0.29, 0.717) is 3.57 Å². The lowest BCUT2D eigenvalue weighted by Gasteiger charge is -2.36. The van der Waals surface area contributed by atoms with Gasteiger partial charge < -0.3 is 9.74 Å². The first-order chi connectivity index (χ1) is 21.4. The minimum Gasteiger partial charge on any atom is -0.414 e. The van der Waals surface area contributed by atoms with E-state index in [0.717, 1.165) is 24.4 Å². The highest BCUT2D eigenvalue weighted by atomic mass is 127. The van der Waals surface area contributed by atoms with Gasteiger partial charge in [0.1, 0.15) is 5.82 Å². The maximum Gasteiger partial charge on any atom is 0.300 e. The molecule has 0 unspecified atom stereocenters. The Morgan fingerprint density at radius 3 is 2.33 bits per heavy atom. The monoisotopic (exact) mass is 797 g/mol. The van der Waals surface area contributed by atoms with Crippen LogP contribution in [0.15, 0.2) is 36.5 Å². The molecule has 0 spiro atoms. The Balaban J connectivity index is 1.95. The Labute approximate surface area is 280 Å². The summed E-state index contributed by atoms with van der Waals surface area (Å²) in [6.07, 6.45) is 0.478. The topological polar surface area (TPSA) is 131 Å². The molecule has 1 aromatic heterocycles. The number of rotatable bonds is 14. The van der Waals surface area contributed by atoms with Crippen LogP contribution in [0.2, 0.25) is 18.1 Å². The summed E-state index contributed by atoms with van der Waals surface area (Å²) in [5.74, 6) is -6.58. The van der Waals surface area contributed by atoms with Gasteiger partial charge in [0.05, 0.1) is 30.2 Å². The normalized spacial score (nSPS) is 12.2. The maximum atomic E-state index is 15.7. The van der Waals surface area contributed by atoms with Crippen molar-refractivity contribution in [2.45, 2.75) is 52.2 Å². The molecule has 0 aliphatic heterocycles. The number of nitrogens with one attached hydrogen (secondary N) is 4. The van der Waals surface area contributed by atoms with E-state index in [4.69, 9.17) is 9.26 Å². The molecule has 0 saturated heterocycles. The van der Waals surface area contributed by atoms with Crippen LogP contribution in [0.4, 0.5) is 34.8 Å². The van der Waals surface area contributed by atoms with Crippen LogP contribution in [0.5, 0.6) is 0 Å². The third kappa shape index (κ3) is 9.60. The van der Waals surface area contributed by atoms with Crippen molar-refractivity contribution in [1.29, 1.82) is 0 Å². The van der Waals surface area contributed by atoms with Crippen molar-refractivity contribution in [3.63, 3.8) is 0 Å². The highest BCUT2D eigenvalue weighted by molar-refractivity contribution is 14.1. The molecule has 4 N–H and O–H groups in total. The fourth-order valence-corrected chi connectivity index (χ4v) is 6.14. The van der Waals surface area contributed by atoms with E-state index in [1.54, 1.807) is 0 Å². The van der Waals surface area contributed by atoms with Gasteiger partial charge in [-0.05, 0) is 82.2 Å². The summed E-state index contributed by atoms with van der Waals surface area (Å²) < 4.78 is 95.8. The first-order valence-corrected chi connectivity index (χ1v) is 19.5. The van der Waals surface area contributed by atoms with Gasteiger partial charge in [-0.1, -0.05) is 27.7 Å². The molecule has 0 aliphatic rings. The third-order valence-corrected chi connectivity index (χ3v) is 13.6. The molecule has 17 heteroatoms. The van der Waals surface area contributed by atoms with Crippen molar-refractivity contribution in [1.82, 2.24) is 15.2 Å². The van der Waals surface area contributed by atoms with Gasteiger partial charge in [0.2, 0.25) is 0 Å². The summed E-state index contributed by atoms with van der Waals surface area (Å²) in [6, 6.07) is 6.09. The smallest absolute Gasteiger partial charge is 0.300 e. The van der Waals surface area contributed by atoms with Gasteiger partial charge in [-0.2, -0.15) is 13.1 Å². The predicted molar refractivity (Wildman–Crippen MR) is 179 cm³/mol. The quantitative estimate of drug-likeness (QED) is 0.0481. The van der Waals surface area contributed by atoms with Crippen LogP contribution in [0.3, 0.4) is 0 Å². The number of aromatic nitrogens is 1. The molecule has 46 heavy (non-hydrogen) atoms. The number of amides is 1. The molecule has 10 nitrogen and oxygen atoms in total. The number of nitrogens with zero attached hydrogens (tertiary/aromatic N) is 1. The standard InChI is InChI=1S/C29H36F4IN5O5SSi/c1-7-36-45(41,42)39-27-24(32)17(10-11-35-27)14-18-15-20(28(40)38-43-12-13-44-46(5,6)29(2,3)4)26(25(33)23(18)31)37-22-9-8-19(34)16-21(22)30/h8-11,15-16,36-37H,7,12-14H2,1-6H3,(H,35,39)(H,38,40). The zero-order valence-electron chi connectivity index (χ0n) is 26.1. The Bertz CT molecular complexity index is 1690. The van der Waals surface area contributed by atoms with Crippen LogP contribution >= 0.6 is 22.6 Å². The van der Waals surface area contributed by atoms with Crippen molar-refractivity contribution in [2.75, 3.05) is 29.8 Å². The molecule has 3 rings (SSSR count). The van der Waals surface area contributed by atoms with E-state index in [-0.39, 0.29) is 36.0 Å². The molecule has 0 atom stereocenters. The van der Waals surface area contributed by atoms with Crippen molar-refractivity contribution >= 4 is 64.2 Å². The summed E-state index contributed by atoms with van der Waals surface area (Å²) >= 11 is 1.88. The van der Waals surface area contributed by atoms with Gasteiger partial charge >= 0.3 is 0 Å². The molecule has 3 aromatic rings. The summed E-state index contributed by atoms with van der Waals surface area (Å²) in [5, 5.41) is 2.39. The van der Waals surface area contributed by atoms with Gasteiger partial charge in [0, 0.05) is 22.7 Å². The van der Waals surface area contributed by atoms with Crippen LogP contribution in [0.25, 0.3) is 0 Å². The van der Waals surface area contributed by atoms with E-state index in [1.165, 1.54) is 19.1 Å².